The highest BCUT2D eigenvalue weighted by molar-refractivity contribution is 8.76. The van der Waals surface area contributed by atoms with Crippen LogP contribution in [-0.4, -0.2) is 35.7 Å². The lowest BCUT2D eigenvalue weighted by molar-refractivity contribution is -0.161. The summed E-state index contributed by atoms with van der Waals surface area (Å²) < 4.78 is 10.1. The van der Waals surface area contributed by atoms with E-state index in [4.69, 9.17) is 9.47 Å². The molecule has 6 heteroatoms. The van der Waals surface area contributed by atoms with E-state index in [-0.39, 0.29) is 24.1 Å². The Hall–Kier alpha value is -0.360. The fourth-order valence-corrected chi connectivity index (χ4v) is 3.50. The van der Waals surface area contributed by atoms with Crippen LogP contribution < -0.4 is 0 Å². The molecule has 1 aliphatic heterocycles. The van der Waals surface area contributed by atoms with Crippen LogP contribution in [0.5, 0.6) is 0 Å². The molecular weight excluding hydrogens is 224 g/mol. The number of hydrogen-bond donors (Lipinski definition) is 0. The lowest BCUT2D eigenvalue weighted by Gasteiger charge is -2.28. The predicted molar refractivity (Wildman–Crippen MR) is 56.0 cm³/mol. The zero-order valence-corrected chi connectivity index (χ0v) is 9.65. The third-order valence-corrected chi connectivity index (χ3v) is 4.01. The van der Waals surface area contributed by atoms with Crippen LogP contribution in [0.4, 0.5) is 0 Å². The van der Waals surface area contributed by atoms with Gasteiger partial charge in [0, 0.05) is 25.4 Å². The predicted octanol–water partition coefficient (Wildman–Crippen LogP) is 1.24. The van der Waals surface area contributed by atoms with Crippen LogP contribution in [0.3, 0.4) is 0 Å². The topological polar surface area (TPSA) is 52.6 Å². The largest absolute Gasteiger partial charge is 0.458 e. The van der Waals surface area contributed by atoms with Gasteiger partial charge in [0.2, 0.25) is 0 Å². The van der Waals surface area contributed by atoms with Gasteiger partial charge in [0.05, 0.1) is 0 Å². The molecule has 4 nitrogen and oxygen atoms in total. The Morgan fingerprint density at radius 1 is 1.00 bits per heavy atom. The first kappa shape index (κ1) is 11.7. The Balaban J connectivity index is 2.49. The van der Waals surface area contributed by atoms with Crippen LogP contribution in [-0.2, 0) is 19.1 Å². The fourth-order valence-electron chi connectivity index (χ4n) is 1.09. The minimum atomic E-state index is -0.334. The zero-order chi connectivity index (χ0) is 10.6. The van der Waals surface area contributed by atoms with Gasteiger partial charge >= 0.3 is 11.9 Å². The third-order valence-electron chi connectivity index (χ3n) is 1.60. The van der Waals surface area contributed by atoms with Gasteiger partial charge in [-0.15, -0.1) is 0 Å². The average molecular weight is 236 g/mol. The highest BCUT2D eigenvalue weighted by atomic mass is 33.1. The van der Waals surface area contributed by atoms with E-state index in [1.165, 1.54) is 13.8 Å². The highest BCUT2D eigenvalue weighted by Gasteiger charge is 2.30. The molecule has 2 atom stereocenters. The molecule has 0 bridgehead atoms. The van der Waals surface area contributed by atoms with Gasteiger partial charge in [-0.2, -0.15) is 0 Å². The molecule has 1 saturated heterocycles. The zero-order valence-electron chi connectivity index (χ0n) is 8.02. The molecule has 0 aromatic heterocycles. The molecular formula is C8H12O4S2. The molecule has 1 heterocycles. The Kier molecular flexibility index (Phi) is 4.60. The molecule has 0 aromatic carbocycles. The van der Waals surface area contributed by atoms with Crippen molar-refractivity contribution in [2.24, 2.45) is 0 Å². The minimum Gasteiger partial charge on any atom is -0.458 e. The van der Waals surface area contributed by atoms with Crippen molar-refractivity contribution in [2.75, 3.05) is 11.5 Å². The van der Waals surface area contributed by atoms with E-state index in [0.717, 1.165) is 0 Å². The Morgan fingerprint density at radius 3 is 1.64 bits per heavy atom. The summed E-state index contributed by atoms with van der Waals surface area (Å²) in [6.45, 7) is 2.72. The maximum absolute atomic E-state index is 10.8. The monoisotopic (exact) mass is 236 g/mol. The normalized spacial score (nSPS) is 26.7. The van der Waals surface area contributed by atoms with Crippen molar-refractivity contribution >= 4 is 33.5 Å². The highest BCUT2D eigenvalue weighted by Crippen LogP contribution is 2.32. The second kappa shape index (κ2) is 5.50. The number of esters is 2. The summed E-state index contributed by atoms with van der Waals surface area (Å²) in [5, 5.41) is 0. The molecule has 14 heavy (non-hydrogen) atoms. The summed E-state index contributed by atoms with van der Waals surface area (Å²) in [4.78, 5) is 21.5. The smallest absolute Gasteiger partial charge is 0.303 e. The van der Waals surface area contributed by atoms with Crippen LogP contribution in [0.15, 0.2) is 0 Å². The Labute approximate surface area is 90.5 Å². The summed E-state index contributed by atoms with van der Waals surface area (Å²) in [6.07, 6.45) is -0.606. The number of carbonyl (C=O) groups is 2. The number of hydrogen-bond acceptors (Lipinski definition) is 6. The molecule has 1 aliphatic rings. The van der Waals surface area contributed by atoms with Gasteiger partial charge in [0.1, 0.15) is 12.2 Å². The van der Waals surface area contributed by atoms with Crippen LogP contribution in [0, 0.1) is 0 Å². The van der Waals surface area contributed by atoms with Gasteiger partial charge in [-0.05, 0) is 0 Å². The van der Waals surface area contributed by atoms with Gasteiger partial charge in [-0.25, -0.2) is 0 Å². The first-order chi connectivity index (χ1) is 6.59. The van der Waals surface area contributed by atoms with E-state index in [1.807, 2.05) is 0 Å². The summed E-state index contributed by atoms with van der Waals surface area (Å²) >= 11 is 0. The van der Waals surface area contributed by atoms with Crippen LogP contribution >= 0.6 is 21.6 Å². The minimum absolute atomic E-state index is 0.303. The first-order valence-corrected chi connectivity index (χ1v) is 6.67. The molecule has 0 unspecified atom stereocenters. The van der Waals surface area contributed by atoms with Crippen molar-refractivity contribution < 1.29 is 19.1 Å². The summed E-state index contributed by atoms with van der Waals surface area (Å²) in [5.74, 6) is 0.670. The average Bonchev–Trinajstić information content (AvgIpc) is 2.06. The van der Waals surface area contributed by atoms with Gasteiger partial charge < -0.3 is 9.47 Å². The van der Waals surface area contributed by atoms with E-state index in [2.05, 4.69) is 0 Å². The molecule has 0 saturated carbocycles. The molecule has 80 valence electrons. The Morgan fingerprint density at radius 2 is 1.36 bits per heavy atom. The number of ether oxygens (including phenoxy) is 2. The van der Waals surface area contributed by atoms with Crippen molar-refractivity contribution in [3.63, 3.8) is 0 Å². The second-order valence-corrected chi connectivity index (χ2v) is 5.42. The summed E-state index contributed by atoms with van der Waals surface area (Å²) in [5.41, 5.74) is 0. The molecule has 1 rings (SSSR count). The summed E-state index contributed by atoms with van der Waals surface area (Å²) in [6, 6.07) is 0. The molecule has 0 aliphatic carbocycles. The standard InChI is InChI=1S/C8H12O4S2/c1-5(9)11-7-3-13-14-4-8(7)12-6(2)10/h7-8H,3-4H2,1-2H3/t7-,8-/m0/s1. The van der Waals surface area contributed by atoms with E-state index in [1.54, 1.807) is 21.6 Å². The van der Waals surface area contributed by atoms with Gasteiger partial charge in [0.25, 0.3) is 0 Å². The van der Waals surface area contributed by atoms with Gasteiger partial charge in [-0.3, -0.25) is 9.59 Å². The lowest BCUT2D eigenvalue weighted by atomic mass is 10.2. The van der Waals surface area contributed by atoms with Crippen molar-refractivity contribution in [3.8, 4) is 0 Å². The van der Waals surface area contributed by atoms with E-state index < -0.39 is 0 Å². The third kappa shape index (κ3) is 3.79. The SMILES string of the molecule is CC(=O)O[C@H]1CSSC[C@@H]1OC(C)=O. The van der Waals surface area contributed by atoms with E-state index in [0.29, 0.717) is 11.5 Å². The quantitative estimate of drug-likeness (QED) is 0.531. The molecule has 0 spiro atoms. The molecule has 0 amide bonds. The Bertz CT molecular complexity index is 207. The van der Waals surface area contributed by atoms with E-state index >= 15 is 0 Å². The van der Waals surface area contributed by atoms with Crippen LogP contribution in [0.1, 0.15) is 13.8 Å². The van der Waals surface area contributed by atoms with Crippen molar-refractivity contribution in [1.29, 1.82) is 0 Å². The lowest BCUT2D eigenvalue weighted by Crippen LogP contribution is -2.39. The molecule has 1 fully saturated rings. The van der Waals surface area contributed by atoms with E-state index in [9.17, 15) is 9.59 Å². The molecule has 0 radical (unpaired) electrons. The van der Waals surface area contributed by atoms with Gasteiger partial charge in [-0.1, -0.05) is 21.6 Å². The maximum atomic E-state index is 10.8. The van der Waals surface area contributed by atoms with Crippen molar-refractivity contribution in [1.82, 2.24) is 0 Å². The number of rotatable bonds is 2. The van der Waals surface area contributed by atoms with Crippen molar-refractivity contribution in [3.05, 3.63) is 0 Å². The number of carbonyl (C=O) groups excluding carboxylic acids is 2. The first-order valence-electron chi connectivity index (χ1n) is 4.18. The second-order valence-electron chi connectivity index (χ2n) is 2.86. The fraction of sp³-hybridized carbons (Fsp3) is 0.750. The van der Waals surface area contributed by atoms with Crippen LogP contribution in [0.25, 0.3) is 0 Å². The molecule has 0 aromatic rings. The maximum Gasteiger partial charge on any atom is 0.303 e. The molecule has 0 N–H and O–H groups in total. The van der Waals surface area contributed by atoms with Crippen molar-refractivity contribution in [2.45, 2.75) is 26.1 Å². The van der Waals surface area contributed by atoms with Crippen LogP contribution in [0.2, 0.25) is 0 Å². The summed E-state index contributed by atoms with van der Waals surface area (Å²) in [7, 11) is 3.25. The van der Waals surface area contributed by atoms with Gasteiger partial charge in [0.15, 0.2) is 0 Å².